The van der Waals surface area contributed by atoms with Crippen molar-refractivity contribution in [1.29, 1.82) is 0 Å². The normalized spacial score (nSPS) is 19.9. The Morgan fingerprint density at radius 1 is 1.53 bits per heavy atom. The predicted octanol–water partition coefficient (Wildman–Crippen LogP) is -0.926. The molecular formula is C9H17N3O3. The van der Waals surface area contributed by atoms with Crippen molar-refractivity contribution in [3.63, 3.8) is 0 Å². The van der Waals surface area contributed by atoms with Crippen LogP contribution < -0.4 is 16.4 Å². The Hall–Kier alpha value is -1.30. The largest absolute Gasteiger partial charge is 0.388 e. The molecule has 1 rings (SSSR count). The average molecular weight is 215 g/mol. The first-order valence-electron chi connectivity index (χ1n) is 4.99. The van der Waals surface area contributed by atoms with Crippen molar-refractivity contribution >= 4 is 11.9 Å². The van der Waals surface area contributed by atoms with E-state index in [0.717, 1.165) is 6.42 Å². The highest BCUT2D eigenvalue weighted by molar-refractivity contribution is 5.86. The van der Waals surface area contributed by atoms with E-state index in [1.165, 1.54) is 6.92 Å². The molecule has 15 heavy (non-hydrogen) atoms. The molecule has 3 amide bonds. The lowest BCUT2D eigenvalue weighted by atomic mass is 9.80. The number of primary amides is 1. The van der Waals surface area contributed by atoms with Crippen LogP contribution in [0.4, 0.5) is 4.79 Å². The predicted molar refractivity (Wildman–Crippen MR) is 54.0 cm³/mol. The Balaban J connectivity index is 2.25. The molecule has 0 aliphatic heterocycles. The molecule has 1 fully saturated rings. The maximum absolute atomic E-state index is 11.4. The number of rotatable bonds is 4. The highest BCUT2D eigenvalue weighted by atomic mass is 16.3. The standard InChI is InChI=1S/C9H17N3O3/c1-6(12-8(10)14)7(13)11-5-9(15)3-2-4-9/h6,15H,2-5H2,1H3,(H,11,13)(H3,10,12,14). The van der Waals surface area contributed by atoms with Gasteiger partial charge in [-0.15, -0.1) is 0 Å². The molecule has 6 nitrogen and oxygen atoms in total. The number of hydrogen-bond acceptors (Lipinski definition) is 3. The number of hydrogen-bond donors (Lipinski definition) is 4. The Labute approximate surface area is 88.2 Å². The second kappa shape index (κ2) is 4.48. The summed E-state index contributed by atoms with van der Waals surface area (Å²) >= 11 is 0. The van der Waals surface area contributed by atoms with Gasteiger partial charge in [0.05, 0.1) is 5.60 Å². The van der Waals surface area contributed by atoms with E-state index in [1.54, 1.807) is 0 Å². The topological polar surface area (TPSA) is 104 Å². The summed E-state index contributed by atoms with van der Waals surface area (Å²) in [6.07, 6.45) is 2.41. The van der Waals surface area contributed by atoms with Crippen molar-refractivity contribution in [3.05, 3.63) is 0 Å². The number of urea groups is 1. The van der Waals surface area contributed by atoms with Gasteiger partial charge in [0, 0.05) is 6.54 Å². The lowest BCUT2D eigenvalue weighted by Gasteiger charge is -2.36. The van der Waals surface area contributed by atoms with Gasteiger partial charge in [0.1, 0.15) is 6.04 Å². The van der Waals surface area contributed by atoms with E-state index < -0.39 is 17.7 Å². The monoisotopic (exact) mass is 215 g/mol. The van der Waals surface area contributed by atoms with Crippen molar-refractivity contribution in [2.45, 2.75) is 37.8 Å². The first-order valence-corrected chi connectivity index (χ1v) is 4.99. The van der Waals surface area contributed by atoms with Crippen molar-refractivity contribution in [2.75, 3.05) is 6.54 Å². The van der Waals surface area contributed by atoms with Crippen LogP contribution in [-0.4, -0.2) is 35.2 Å². The molecule has 0 bridgehead atoms. The molecule has 0 heterocycles. The van der Waals surface area contributed by atoms with Crippen molar-refractivity contribution in [1.82, 2.24) is 10.6 Å². The SMILES string of the molecule is CC(NC(N)=O)C(=O)NCC1(O)CCC1. The fourth-order valence-corrected chi connectivity index (χ4v) is 1.45. The molecule has 6 heteroatoms. The zero-order valence-electron chi connectivity index (χ0n) is 8.75. The van der Waals surface area contributed by atoms with Crippen LogP contribution in [0.5, 0.6) is 0 Å². The smallest absolute Gasteiger partial charge is 0.312 e. The summed E-state index contributed by atoms with van der Waals surface area (Å²) in [5.41, 5.74) is 4.12. The van der Waals surface area contributed by atoms with Crippen LogP contribution in [0.15, 0.2) is 0 Å². The van der Waals surface area contributed by atoms with Crippen LogP contribution in [0.1, 0.15) is 26.2 Å². The molecule has 1 saturated carbocycles. The van der Waals surface area contributed by atoms with Gasteiger partial charge in [-0.1, -0.05) is 0 Å². The minimum Gasteiger partial charge on any atom is -0.388 e. The molecule has 5 N–H and O–H groups in total. The van der Waals surface area contributed by atoms with Gasteiger partial charge in [-0.25, -0.2) is 4.79 Å². The molecule has 0 radical (unpaired) electrons. The summed E-state index contributed by atoms with van der Waals surface area (Å²) in [5.74, 6) is -0.339. The van der Waals surface area contributed by atoms with Gasteiger partial charge in [0.15, 0.2) is 0 Å². The van der Waals surface area contributed by atoms with E-state index in [2.05, 4.69) is 10.6 Å². The van der Waals surface area contributed by atoms with E-state index in [9.17, 15) is 14.7 Å². The third-order valence-corrected chi connectivity index (χ3v) is 2.63. The molecular weight excluding hydrogens is 198 g/mol. The third-order valence-electron chi connectivity index (χ3n) is 2.63. The van der Waals surface area contributed by atoms with Gasteiger partial charge < -0.3 is 21.5 Å². The Morgan fingerprint density at radius 2 is 2.13 bits per heavy atom. The highest BCUT2D eigenvalue weighted by Gasteiger charge is 2.34. The third kappa shape index (κ3) is 3.39. The summed E-state index contributed by atoms with van der Waals surface area (Å²) in [6.45, 7) is 1.77. The molecule has 0 aromatic carbocycles. The Bertz CT molecular complexity index is 263. The summed E-state index contributed by atoms with van der Waals surface area (Å²) in [7, 11) is 0. The van der Waals surface area contributed by atoms with E-state index >= 15 is 0 Å². The molecule has 1 aliphatic rings. The number of carbonyl (C=O) groups excluding carboxylic acids is 2. The fraction of sp³-hybridized carbons (Fsp3) is 0.778. The fourth-order valence-electron chi connectivity index (χ4n) is 1.45. The molecule has 1 aliphatic carbocycles. The zero-order chi connectivity index (χ0) is 11.5. The highest BCUT2D eigenvalue weighted by Crippen LogP contribution is 2.30. The number of aliphatic hydroxyl groups is 1. The Morgan fingerprint density at radius 3 is 2.53 bits per heavy atom. The maximum atomic E-state index is 11.4. The van der Waals surface area contributed by atoms with Gasteiger partial charge in [-0.3, -0.25) is 4.79 Å². The van der Waals surface area contributed by atoms with Crippen molar-refractivity contribution in [2.24, 2.45) is 5.73 Å². The van der Waals surface area contributed by atoms with Crippen LogP contribution in [0.3, 0.4) is 0 Å². The van der Waals surface area contributed by atoms with Gasteiger partial charge >= 0.3 is 6.03 Å². The summed E-state index contributed by atoms with van der Waals surface area (Å²) < 4.78 is 0. The minimum atomic E-state index is -0.748. The van der Waals surface area contributed by atoms with E-state index in [-0.39, 0.29) is 12.5 Å². The molecule has 0 aromatic rings. The minimum absolute atomic E-state index is 0.233. The molecule has 0 aromatic heterocycles. The van der Waals surface area contributed by atoms with Crippen LogP contribution >= 0.6 is 0 Å². The zero-order valence-corrected chi connectivity index (χ0v) is 8.75. The van der Waals surface area contributed by atoms with Crippen LogP contribution in [0, 0.1) is 0 Å². The molecule has 0 saturated heterocycles. The van der Waals surface area contributed by atoms with Crippen LogP contribution in [0.2, 0.25) is 0 Å². The first-order chi connectivity index (χ1) is 6.93. The lowest BCUT2D eigenvalue weighted by Crippen LogP contribution is -2.52. The molecule has 1 atom stereocenters. The summed E-state index contributed by atoms with van der Waals surface area (Å²) in [5, 5.41) is 14.5. The number of nitrogens with two attached hydrogens (primary N) is 1. The van der Waals surface area contributed by atoms with E-state index in [4.69, 9.17) is 5.73 Å². The number of carbonyl (C=O) groups is 2. The maximum Gasteiger partial charge on any atom is 0.312 e. The Kier molecular flexibility index (Phi) is 3.52. The molecule has 1 unspecified atom stereocenters. The lowest BCUT2D eigenvalue weighted by molar-refractivity contribution is -0.124. The summed E-state index contributed by atoms with van der Waals surface area (Å²) in [6, 6.07) is -1.41. The molecule has 0 spiro atoms. The van der Waals surface area contributed by atoms with E-state index in [0.29, 0.717) is 12.8 Å². The van der Waals surface area contributed by atoms with Gasteiger partial charge in [0.25, 0.3) is 0 Å². The quantitative estimate of drug-likeness (QED) is 0.487. The first kappa shape index (κ1) is 11.8. The number of amides is 3. The van der Waals surface area contributed by atoms with Crippen LogP contribution in [-0.2, 0) is 4.79 Å². The van der Waals surface area contributed by atoms with Gasteiger partial charge in [0.2, 0.25) is 5.91 Å². The average Bonchev–Trinajstić information content (AvgIpc) is 2.10. The van der Waals surface area contributed by atoms with Crippen molar-refractivity contribution in [3.8, 4) is 0 Å². The van der Waals surface area contributed by atoms with Gasteiger partial charge in [-0.05, 0) is 26.2 Å². The second-order valence-electron chi connectivity index (χ2n) is 4.03. The van der Waals surface area contributed by atoms with Gasteiger partial charge in [-0.2, -0.15) is 0 Å². The second-order valence-corrected chi connectivity index (χ2v) is 4.03. The summed E-state index contributed by atoms with van der Waals surface area (Å²) in [4.78, 5) is 21.8. The number of nitrogens with one attached hydrogen (secondary N) is 2. The van der Waals surface area contributed by atoms with E-state index in [1.807, 2.05) is 0 Å². The van der Waals surface area contributed by atoms with Crippen LogP contribution in [0.25, 0.3) is 0 Å². The van der Waals surface area contributed by atoms with Crippen molar-refractivity contribution < 1.29 is 14.7 Å². The molecule has 86 valence electrons.